The summed E-state index contributed by atoms with van der Waals surface area (Å²) in [5, 5.41) is 4.14. The van der Waals surface area contributed by atoms with Gasteiger partial charge >= 0.3 is 0 Å². The summed E-state index contributed by atoms with van der Waals surface area (Å²) < 4.78 is 8.42. The van der Waals surface area contributed by atoms with Gasteiger partial charge in [-0.2, -0.15) is 0 Å². The zero-order chi connectivity index (χ0) is 26.8. The maximum Gasteiger partial charge on any atom is 0.280 e. The molecule has 198 valence electrons. The average molecular weight is 559 g/mol. The quantitative estimate of drug-likeness (QED) is 0.292. The van der Waals surface area contributed by atoms with Crippen molar-refractivity contribution in [3.8, 4) is 11.3 Å². The Labute approximate surface area is 235 Å². The highest BCUT2D eigenvalue weighted by molar-refractivity contribution is 7.20. The van der Waals surface area contributed by atoms with E-state index in [1.807, 2.05) is 42.1 Å². The molecule has 1 atom stereocenters. The molecule has 39 heavy (non-hydrogen) atoms. The first-order valence-electron chi connectivity index (χ1n) is 12.8. The van der Waals surface area contributed by atoms with Crippen LogP contribution < -0.4 is 10.2 Å². The standard InChI is InChI=1S/C29H27ClN6O2S/c1-35-25(19-5-8-22(9-6-19)36-12-14-38-15-13-36)18-32-27(35)24(17-21-4-2-3-11-31-21)33-28(37)29-34-23-16-20(30)7-10-26(23)39-29/h2-11,16,18,24H,12-15,17H2,1H3,(H,33,37). The number of halogens is 1. The van der Waals surface area contributed by atoms with Crippen LogP contribution in [0.1, 0.15) is 27.4 Å². The molecular weight excluding hydrogens is 532 g/mol. The minimum atomic E-state index is -0.408. The van der Waals surface area contributed by atoms with Crippen LogP contribution in [-0.4, -0.2) is 51.7 Å². The van der Waals surface area contributed by atoms with E-state index in [1.54, 1.807) is 18.3 Å². The van der Waals surface area contributed by atoms with E-state index < -0.39 is 6.04 Å². The summed E-state index contributed by atoms with van der Waals surface area (Å²) in [4.78, 5) is 29.5. The summed E-state index contributed by atoms with van der Waals surface area (Å²) in [5.41, 5.74) is 4.77. The normalized spacial score (nSPS) is 14.5. The molecule has 0 spiro atoms. The fourth-order valence-corrected chi connectivity index (χ4v) is 5.85. The number of anilines is 1. The Morgan fingerprint density at radius 2 is 1.92 bits per heavy atom. The molecule has 1 fully saturated rings. The van der Waals surface area contributed by atoms with E-state index in [4.69, 9.17) is 21.3 Å². The maximum absolute atomic E-state index is 13.4. The van der Waals surface area contributed by atoms with E-state index in [0.29, 0.717) is 22.0 Å². The third-order valence-corrected chi connectivity index (χ3v) is 8.13. The first-order chi connectivity index (χ1) is 19.0. The molecule has 0 aliphatic carbocycles. The van der Waals surface area contributed by atoms with Gasteiger partial charge in [-0.25, -0.2) is 9.97 Å². The van der Waals surface area contributed by atoms with E-state index in [9.17, 15) is 4.79 Å². The van der Waals surface area contributed by atoms with Crippen molar-refractivity contribution in [1.82, 2.24) is 24.8 Å². The Bertz CT molecular complexity index is 1600. The Kier molecular flexibility index (Phi) is 7.28. The number of ether oxygens (including phenoxy) is 1. The van der Waals surface area contributed by atoms with Crippen LogP contribution in [0.4, 0.5) is 5.69 Å². The summed E-state index contributed by atoms with van der Waals surface area (Å²) in [5.74, 6) is 0.484. The van der Waals surface area contributed by atoms with Crippen LogP contribution in [0.3, 0.4) is 0 Å². The van der Waals surface area contributed by atoms with Crippen molar-refractivity contribution < 1.29 is 9.53 Å². The van der Waals surface area contributed by atoms with Gasteiger partial charge in [0.15, 0.2) is 5.01 Å². The van der Waals surface area contributed by atoms with Crippen LogP contribution in [0.25, 0.3) is 21.5 Å². The van der Waals surface area contributed by atoms with Crippen molar-refractivity contribution in [2.24, 2.45) is 7.05 Å². The van der Waals surface area contributed by atoms with E-state index in [-0.39, 0.29) is 5.91 Å². The number of carbonyl (C=O) groups is 1. The third kappa shape index (κ3) is 5.52. The number of hydrogen-bond donors (Lipinski definition) is 1. The van der Waals surface area contributed by atoms with Gasteiger partial charge < -0.3 is 19.5 Å². The highest BCUT2D eigenvalue weighted by Crippen LogP contribution is 2.28. The molecule has 1 N–H and O–H groups in total. The average Bonchev–Trinajstić information content (AvgIpc) is 3.57. The van der Waals surface area contributed by atoms with Crippen LogP contribution in [0.2, 0.25) is 5.02 Å². The van der Waals surface area contributed by atoms with Crippen LogP contribution >= 0.6 is 22.9 Å². The van der Waals surface area contributed by atoms with E-state index in [2.05, 4.69) is 44.5 Å². The predicted octanol–water partition coefficient (Wildman–Crippen LogP) is 5.30. The molecule has 10 heteroatoms. The molecule has 0 radical (unpaired) electrons. The monoisotopic (exact) mass is 558 g/mol. The first kappa shape index (κ1) is 25.5. The predicted molar refractivity (Wildman–Crippen MR) is 154 cm³/mol. The molecule has 1 unspecified atom stereocenters. The SMILES string of the molecule is Cn1c(-c2ccc(N3CCOCC3)cc2)cnc1C(Cc1ccccn1)NC(=O)c1nc2cc(Cl)ccc2s1. The number of amides is 1. The van der Waals surface area contributed by atoms with Crippen LogP contribution in [0.15, 0.2) is 73.1 Å². The number of fused-ring (bicyclic) bond motifs is 1. The number of rotatable bonds is 7. The van der Waals surface area contributed by atoms with E-state index in [1.165, 1.54) is 17.0 Å². The number of pyridine rings is 1. The summed E-state index contributed by atoms with van der Waals surface area (Å²) in [6, 6.07) is 19.3. The maximum atomic E-state index is 13.4. The second-order valence-electron chi connectivity index (χ2n) is 9.39. The Hall–Kier alpha value is -3.79. The van der Waals surface area contributed by atoms with Gasteiger partial charge in [0.25, 0.3) is 5.91 Å². The van der Waals surface area contributed by atoms with Gasteiger partial charge in [0.2, 0.25) is 0 Å². The number of nitrogens with one attached hydrogen (secondary N) is 1. The topological polar surface area (TPSA) is 85.2 Å². The molecular formula is C29H27ClN6O2S. The molecule has 0 saturated carbocycles. The smallest absolute Gasteiger partial charge is 0.280 e. The molecule has 0 bridgehead atoms. The number of carbonyl (C=O) groups excluding carboxylic acids is 1. The summed E-state index contributed by atoms with van der Waals surface area (Å²) >= 11 is 7.46. The number of thiazole rings is 1. The molecule has 8 nitrogen and oxygen atoms in total. The molecule has 1 aliphatic rings. The van der Waals surface area contributed by atoms with Crippen LogP contribution in [0, 0.1) is 0 Å². The molecule has 2 aromatic carbocycles. The lowest BCUT2D eigenvalue weighted by Gasteiger charge is -2.28. The number of benzene rings is 2. The van der Waals surface area contributed by atoms with Crippen LogP contribution in [0.5, 0.6) is 0 Å². The van der Waals surface area contributed by atoms with Gasteiger partial charge in [0.1, 0.15) is 5.82 Å². The molecule has 5 aromatic rings. The van der Waals surface area contributed by atoms with Crippen LogP contribution in [-0.2, 0) is 18.2 Å². The minimum absolute atomic E-state index is 0.257. The highest BCUT2D eigenvalue weighted by atomic mass is 35.5. The van der Waals surface area contributed by atoms with Crippen molar-refractivity contribution >= 4 is 44.7 Å². The van der Waals surface area contributed by atoms with Crippen molar-refractivity contribution in [3.63, 3.8) is 0 Å². The van der Waals surface area contributed by atoms with E-state index in [0.717, 1.165) is 53.8 Å². The fourth-order valence-electron chi connectivity index (χ4n) is 4.83. The largest absolute Gasteiger partial charge is 0.378 e. The van der Waals surface area contributed by atoms with Crippen molar-refractivity contribution in [2.45, 2.75) is 12.5 Å². The number of hydrogen-bond acceptors (Lipinski definition) is 7. The second kappa shape index (κ2) is 11.1. The Balaban J connectivity index is 1.28. The molecule has 4 heterocycles. The van der Waals surface area contributed by atoms with Gasteiger partial charge in [-0.05, 0) is 48.0 Å². The van der Waals surface area contributed by atoms with Gasteiger partial charge in [-0.3, -0.25) is 9.78 Å². The minimum Gasteiger partial charge on any atom is -0.378 e. The molecule has 1 aliphatic heterocycles. The molecule has 6 rings (SSSR count). The molecule has 3 aromatic heterocycles. The lowest BCUT2D eigenvalue weighted by Crippen LogP contribution is -2.36. The zero-order valence-corrected chi connectivity index (χ0v) is 23.0. The fraction of sp³-hybridized carbons (Fsp3) is 0.241. The number of nitrogens with zero attached hydrogens (tertiary/aromatic N) is 5. The zero-order valence-electron chi connectivity index (χ0n) is 21.4. The third-order valence-electron chi connectivity index (χ3n) is 6.86. The highest BCUT2D eigenvalue weighted by Gasteiger charge is 2.24. The Morgan fingerprint density at radius 1 is 1.10 bits per heavy atom. The lowest BCUT2D eigenvalue weighted by atomic mass is 10.1. The van der Waals surface area contributed by atoms with Crippen molar-refractivity contribution in [3.05, 3.63) is 94.6 Å². The second-order valence-corrected chi connectivity index (χ2v) is 10.9. The van der Waals surface area contributed by atoms with Gasteiger partial charge in [-0.15, -0.1) is 11.3 Å². The van der Waals surface area contributed by atoms with Crippen molar-refractivity contribution in [2.75, 3.05) is 31.2 Å². The summed E-state index contributed by atoms with van der Waals surface area (Å²) in [6.07, 6.45) is 4.10. The van der Waals surface area contributed by atoms with E-state index >= 15 is 0 Å². The molecule has 1 amide bonds. The van der Waals surface area contributed by atoms with Crippen molar-refractivity contribution in [1.29, 1.82) is 0 Å². The summed E-state index contributed by atoms with van der Waals surface area (Å²) in [6.45, 7) is 3.29. The van der Waals surface area contributed by atoms with Gasteiger partial charge in [-0.1, -0.05) is 29.8 Å². The number of imidazole rings is 1. The first-order valence-corrected chi connectivity index (χ1v) is 14.0. The summed E-state index contributed by atoms with van der Waals surface area (Å²) in [7, 11) is 1.98. The number of aromatic nitrogens is 4. The Morgan fingerprint density at radius 3 is 2.69 bits per heavy atom. The molecule has 1 saturated heterocycles. The van der Waals surface area contributed by atoms with Gasteiger partial charge in [0.05, 0.1) is 41.4 Å². The lowest BCUT2D eigenvalue weighted by molar-refractivity contribution is 0.0934. The number of morpholine rings is 1. The van der Waals surface area contributed by atoms with Gasteiger partial charge in [0, 0.05) is 49.2 Å².